The molecule has 0 aliphatic carbocycles. The van der Waals surface area contributed by atoms with Gasteiger partial charge < -0.3 is 10.7 Å². The minimum atomic E-state index is 0.210. The van der Waals surface area contributed by atoms with Crippen molar-refractivity contribution in [3.05, 3.63) is 26.8 Å². The van der Waals surface area contributed by atoms with E-state index in [2.05, 4.69) is 9.97 Å². The first-order valence-corrected chi connectivity index (χ1v) is 6.39. The first-order valence-electron chi connectivity index (χ1n) is 4.82. The van der Waals surface area contributed by atoms with Crippen molar-refractivity contribution in [3.63, 3.8) is 0 Å². The molecular weight excluding hydrogens is 265 g/mol. The van der Waals surface area contributed by atoms with E-state index in [1.54, 1.807) is 6.20 Å². The van der Waals surface area contributed by atoms with Gasteiger partial charge in [0.05, 0.1) is 16.2 Å². The molecule has 2 heterocycles. The number of thiophene rings is 1. The number of hydrogen-bond donors (Lipinski definition) is 2. The lowest BCUT2D eigenvalue weighted by molar-refractivity contribution is 0.725. The van der Waals surface area contributed by atoms with E-state index in [0.29, 0.717) is 15.2 Å². The fraction of sp³-hybridized carbons (Fsp3) is 0.300. The van der Waals surface area contributed by atoms with Gasteiger partial charge in [0.15, 0.2) is 0 Å². The Hall–Kier alpha value is -0.550. The number of halogens is 2. The normalized spacial score (nSPS) is 13.0. The van der Waals surface area contributed by atoms with Crippen LogP contribution in [0, 0.1) is 0 Å². The van der Waals surface area contributed by atoms with Gasteiger partial charge >= 0.3 is 0 Å². The lowest BCUT2D eigenvalue weighted by atomic mass is 10.2. The topological polar surface area (TPSA) is 54.7 Å². The Morgan fingerprint density at radius 2 is 2.31 bits per heavy atom. The molecule has 0 bridgehead atoms. The summed E-state index contributed by atoms with van der Waals surface area (Å²) in [6.07, 6.45) is 1.76. The number of nitrogens with two attached hydrogens (primary N) is 1. The van der Waals surface area contributed by atoms with E-state index in [0.717, 1.165) is 17.1 Å². The second-order valence-corrected chi connectivity index (χ2v) is 5.84. The number of nitrogens with zero attached hydrogens (tertiary/aromatic N) is 1. The molecule has 0 saturated heterocycles. The zero-order valence-electron chi connectivity index (χ0n) is 8.63. The summed E-state index contributed by atoms with van der Waals surface area (Å²) < 4.78 is 1.34. The van der Waals surface area contributed by atoms with Crippen molar-refractivity contribution in [2.24, 2.45) is 5.73 Å². The fourth-order valence-electron chi connectivity index (χ4n) is 1.36. The Balaban J connectivity index is 2.35. The maximum absolute atomic E-state index is 6.06. The second kappa shape index (κ2) is 4.75. The molecule has 6 heteroatoms. The highest BCUT2D eigenvalue weighted by Crippen LogP contribution is 2.37. The van der Waals surface area contributed by atoms with Crippen LogP contribution in [-0.2, 0) is 0 Å². The number of hydrogen-bond acceptors (Lipinski definition) is 3. The van der Waals surface area contributed by atoms with E-state index >= 15 is 0 Å². The van der Waals surface area contributed by atoms with Gasteiger partial charge in [-0.3, -0.25) is 0 Å². The van der Waals surface area contributed by atoms with Crippen molar-refractivity contribution in [2.45, 2.75) is 12.8 Å². The summed E-state index contributed by atoms with van der Waals surface area (Å²) in [5.74, 6) is 1.08. The third-order valence-electron chi connectivity index (χ3n) is 2.36. The Labute approximate surface area is 108 Å². The van der Waals surface area contributed by atoms with Crippen LogP contribution in [-0.4, -0.2) is 16.5 Å². The molecule has 1 unspecified atom stereocenters. The molecule has 0 fully saturated rings. The lowest BCUT2D eigenvalue weighted by Crippen LogP contribution is -2.10. The van der Waals surface area contributed by atoms with E-state index in [1.807, 2.05) is 13.0 Å². The maximum atomic E-state index is 6.06. The minimum absolute atomic E-state index is 0.210. The monoisotopic (exact) mass is 275 g/mol. The number of imidazole rings is 1. The molecule has 0 aliphatic rings. The molecule has 3 N–H and O–H groups in total. The maximum Gasteiger partial charge on any atom is 0.110 e. The first-order chi connectivity index (χ1) is 7.61. The Morgan fingerprint density at radius 3 is 2.88 bits per heavy atom. The average Bonchev–Trinajstić information content (AvgIpc) is 2.83. The minimum Gasteiger partial charge on any atom is -0.342 e. The van der Waals surface area contributed by atoms with Crippen molar-refractivity contribution >= 4 is 34.5 Å². The molecule has 0 aliphatic heterocycles. The summed E-state index contributed by atoms with van der Waals surface area (Å²) in [5, 5.41) is 0. The van der Waals surface area contributed by atoms with Gasteiger partial charge in [-0.25, -0.2) is 4.98 Å². The summed E-state index contributed by atoms with van der Waals surface area (Å²) in [6.45, 7) is 2.58. The van der Waals surface area contributed by atoms with E-state index in [9.17, 15) is 0 Å². The quantitative estimate of drug-likeness (QED) is 0.901. The largest absolute Gasteiger partial charge is 0.342 e. The van der Waals surface area contributed by atoms with Crippen LogP contribution in [0.3, 0.4) is 0 Å². The predicted molar refractivity (Wildman–Crippen MR) is 69.4 cm³/mol. The number of aromatic nitrogens is 2. The molecule has 3 nitrogen and oxygen atoms in total. The highest BCUT2D eigenvalue weighted by atomic mass is 35.5. The number of nitrogens with one attached hydrogen (secondary N) is 1. The summed E-state index contributed by atoms with van der Waals surface area (Å²) in [5.41, 5.74) is 7.35. The van der Waals surface area contributed by atoms with Crippen molar-refractivity contribution < 1.29 is 0 Å². The average molecular weight is 276 g/mol. The molecule has 2 aromatic rings. The van der Waals surface area contributed by atoms with Crippen LogP contribution in [0.15, 0.2) is 12.3 Å². The first kappa shape index (κ1) is 11.9. The van der Waals surface area contributed by atoms with Crippen LogP contribution in [0.4, 0.5) is 0 Å². The van der Waals surface area contributed by atoms with Gasteiger partial charge in [-0.1, -0.05) is 30.1 Å². The predicted octanol–water partition coefficient (Wildman–Crippen LogP) is 3.51. The smallest absolute Gasteiger partial charge is 0.110 e. The Kier molecular flexibility index (Phi) is 3.54. The number of H-pyrrole nitrogens is 1. The molecule has 0 amide bonds. The molecule has 16 heavy (non-hydrogen) atoms. The summed E-state index contributed by atoms with van der Waals surface area (Å²) in [6, 6.07) is 1.83. The Morgan fingerprint density at radius 1 is 1.56 bits per heavy atom. The third-order valence-corrected chi connectivity index (χ3v) is 3.85. The van der Waals surface area contributed by atoms with Crippen LogP contribution in [0.5, 0.6) is 0 Å². The lowest BCUT2D eigenvalue weighted by Gasteiger charge is -2.02. The molecule has 0 radical (unpaired) electrons. The van der Waals surface area contributed by atoms with Gasteiger partial charge in [0.1, 0.15) is 10.2 Å². The SMILES string of the molecule is CC(CN)c1ncc(-c2cc(Cl)sc2Cl)[nH]1. The van der Waals surface area contributed by atoms with Crippen LogP contribution < -0.4 is 5.73 Å². The van der Waals surface area contributed by atoms with Crippen molar-refractivity contribution in [1.29, 1.82) is 0 Å². The number of aromatic amines is 1. The molecule has 86 valence electrons. The van der Waals surface area contributed by atoms with Gasteiger partial charge in [0, 0.05) is 18.0 Å². The summed E-state index contributed by atoms with van der Waals surface area (Å²) >= 11 is 13.3. The van der Waals surface area contributed by atoms with Gasteiger partial charge in [-0.05, 0) is 6.07 Å². The second-order valence-electron chi connectivity index (χ2n) is 3.56. The van der Waals surface area contributed by atoms with Crippen LogP contribution in [0.1, 0.15) is 18.7 Å². The summed E-state index contributed by atoms with van der Waals surface area (Å²) in [7, 11) is 0. The highest BCUT2D eigenvalue weighted by Gasteiger charge is 2.13. The van der Waals surface area contributed by atoms with Gasteiger partial charge in [-0.2, -0.15) is 0 Å². The molecule has 2 rings (SSSR count). The fourth-order valence-corrected chi connectivity index (χ4v) is 2.85. The third kappa shape index (κ3) is 2.25. The van der Waals surface area contributed by atoms with Gasteiger partial charge in [0.2, 0.25) is 0 Å². The van der Waals surface area contributed by atoms with Gasteiger partial charge in [0.25, 0.3) is 0 Å². The molecule has 0 spiro atoms. The van der Waals surface area contributed by atoms with E-state index < -0.39 is 0 Å². The van der Waals surface area contributed by atoms with Gasteiger partial charge in [-0.15, -0.1) is 11.3 Å². The van der Waals surface area contributed by atoms with E-state index in [4.69, 9.17) is 28.9 Å². The van der Waals surface area contributed by atoms with Crippen LogP contribution in [0.25, 0.3) is 11.3 Å². The Bertz CT molecular complexity index is 492. The zero-order chi connectivity index (χ0) is 11.7. The highest BCUT2D eigenvalue weighted by molar-refractivity contribution is 7.20. The number of rotatable bonds is 3. The van der Waals surface area contributed by atoms with Crippen molar-refractivity contribution in [2.75, 3.05) is 6.54 Å². The zero-order valence-corrected chi connectivity index (χ0v) is 11.0. The van der Waals surface area contributed by atoms with Crippen molar-refractivity contribution in [1.82, 2.24) is 9.97 Å². The molecular formula is C10H11Cl2N3S. The molecule has 1 atom stereocenters. The molecule has 0 aromatic carbocycles. The van der Waals surface area contributed by atoms with Crippen molar-refractivity contribution in [3.8, 4) is 11.3 Å². The van der Waals surface area contributed by atoms with E-state index in [1.165, 1.54) is 11.3 Å². The molecule has 0 saturated carbocycles. The summed E-state index contributed by atoms with van der Waals surface area (Å²) in [4.78, 5) is 7.49. The standard InChI is InChI=1S/C10H11Cl2N3S/c1-5(3-13)10-14-4-7(15-10)6-2-8(11)16-9(6)12/h2,4-5H,3,13H2,1H3,(H,14,15). The van der Waals surface area contributed by atoms with Crippen LogP contribution >= 0.6 is 34.5 Å². The van der Waals surface area contributed by atoms with E-state index in [-0.39, 0.29) is 5.92 Å². The van der Waals surface area contributed by atoms with Crippen LogP contribution in [0.2, 0.25) is 8.67 Å². The molecule has 2 aromatic heterocycles.